The molecular weight excluding hydrogens is 308 g/mol. The van der Waals surface area contributed by atoms with E-state index in [1.807, 2.05) is 12.1 Å². The van der Waals surface area contributed by atoms with Gasteiger partial charge in [-0.3, -0.25) is 0 Å². The molecule has 0 bridgehead atoms. The second kappa shape index (κ2) is 6.60. The number of imidazole rings is 1. The van der Waals surface area contributed by atoms with Gasteiger partial charge < -0.3 is 9.30 Å². The first-order chi connectivity index (χ1) is 12.3. The van der Waals surface area contributed by atoms with Crippen molar-refractivity contribution in [1.82, 2.24) is 9.55 Å². The average molecular weight is 330 g/mol. The van der Waals surface area contributed by atoms with Gasteiger partial charge in [-0.05, 0) is 29.3 Å². The minimum Gasteiger partial charge on any atom is -0.497 e. The van der Waals surface area contributed by atoms with Crippen molar-refractivity contribution in [2.24, 2.45) is 0 Å². The first-order valence-corrected chi connectivity index (χ1v) is 8.84. The molecular formula is C22H22N2O. The van der Waals surface area contributed by atoms with Crippen molar-refractivity contribution in [3.63, 3.8) is 0 Å². The topological polar surface area (TPSA) is 27.1 Å². The van der Waals surface area contributed by atoms with E-state index in [2.05, 4.69) is 60.0 Å². The molecule has 126 valence electrons. The summed E-state index contributed by atoms with van der Waals surface area (Å²) in [6.45, 7) is 3.19. The zero-order valence-electron chi connectivity index (χ0n) is 14.7. The van der Waals surface area contributed by atoms with E-state index >= 15 is 0 Å². The summed E-state index contributed by atoms with van der Waals surface area (Å²) in [5.41, 5.74) is 3.33. The second-order valence-corrected chi connectivity index (χ2v) is 6.32. The van der Waals surface area contributed by atoms with Gasteiger partial charge in [0, 0.05) is 18.2 Å². The number of hydrogen-bond acceptors (Lipinski definition) is 2. The smallest absolute Gasteiger partial charge is 0.141 e. The zero-order valence-corrected chi connectivity index (χ0v) is 14.7. The molecule has 3 aromatic carbocycles. The van der Waals surface area contributed by atoms with Gasteiger partial charge in [0.25, 0.3) is 0 Å². The van der Waals surface area contributed by atoms with Crippen LogP contribution in [-0.4, -0.2) is 16.7 Å². The van der Waals surface area contributed by atoms with E-state index in [4.69, 9.17) is 9.72 Å². The summed E-state index contributed by atoms with van der Waals surface area (Å²) in [7, 11) is 1.70. The van der Waals surface area contributed by atoms with E-state index in [1.54, 1.807) is 7.11 Å². The Morgan fingerprint density at radius 2 is 1.84 bits per heavy atom. The van der Waals surface area contributed by atoms with Crippen LogP contribution in [0.25, 0.3) is 33.2 Å². The summed E-state index contributed by atoms with van der Waals surface area (Å²) in [6.07, 6.45) is 2.29. The van der Waals surface area contributed by atoms with Crippen molar-refractivity contribution < 1.29 is 4.74 Å². The molecule has 3 heteroatoms. The molecule has 0 saturated heterocycles. The molecule has 0 radical (unpaired) electrons. The van der Waals surface area contributed by atoms with Gasteiger partial charge >= 0.3 is 0 Å². The lowest BCUT2D eigenvalue weighted by Gasteiger charge is -2.11. The first kappa shape index (κ1) is 15.7. The predicted octanol–water partition coefficient (Wildman–Crippen LogP) is 5.67. The summed E-state index contributed by atoms with van der Waals surface area (Å²) >= 11 is 0. The standard InChI is InChI=1S/C22H22N2O/c1-3-4-14-24-21-13-12-17(25-2)15-20(21)23-22(24)19-11-7-9-16-8-5-6-10-18(16)19/h5-13,15H,3-4,14H2,1-2H3. The highest BCUT2D eigenvalue weighted by atomic mass is 16.5. The Morgan fingerprint density at radius 1 is 1.00 bits per heavy atom. The maximum atomic E-state index is 5.38. The quantitative estimate of drug-likeness (QED) is 0.472. The fourth-order valence-corrected chi connectivity index (χ4v) is 3.41. The number of benzene rings is 3. The van der Waals surface area contributed by atoms with Crippen LogP contribution < -0.4 is 4.74 Å². The monoisotopic (exact) mass is 330 g/mol. The van der Waals surface area contributed by atoms with Crippen molar-refractivity contribution >= 4 is 21.8 Å². The van der Waals surface area contributed by atoms with Gasteiger partial charge in [-0.2, -0.15) is 0 Å². The van der Waals surface area contributed by atoms with Crippen molar-refractivity contribution in [2.45, 2.75) is 26.3 Å². The highest BCUT2D eigenvalue weighted by molar-refractivity contribution is 5.97. The maximum absolute atomic E-state index is 5.38. The highest BCUT2D eigenvalue weighted by Crippen LogP contribution is 2.32. The van der Waals surface area contributed by atoms with Crippen LogP contribution in [0, 0.1) is 0 Å². The molecule has 1 aromatic heterocycles. The summed E-state index contributed by atoms with van der Waals surface area (Å²) in [5.74, 6) is 1.88. The Kier molecular flexibility index (Phi) is 4.14. The summed E-state index contributed by atoms with van der Waals surface area (Å²) in [5, 5.41) is 2.48. The van der Waals surface area contributed by atoms with Gasteiger partial charge in [0.2, 0.25) is 0 Å². The van der Waals surface area contributed by atoms with Gasteiger partial charge in [0.15, 0.2) is 0 Å². The molecule has 4 aromatic rings. The Morgan fingerprint density at radius 3 is 2.68 bits per heavy atom. The second-order valence-electron chi connectivity index (χ2n) is 6.32. The maximum Gasteiger partial charge on any atom is 0.141 e. The molecule has 0 aliphatic rings. The molecule has 0 saturated carbocycles. The minimum absolute atomic E-state index is 0.845. The van der Waals surface area contributed by atoms with Crippen LogP contribution in [-0.2, 0) is 6.54 Å². The van der Waals surface area contributed by atoms with E-state index < -0.39 is 0 Å². The summed E-state index contributed by atoms with van der Waals surface area (Å²) < 4.78 is 7.73. The molecule has 25 heavy (non-hydrogen) atoms. The molecule has 0 unspecified atom stereocenters. The lowest BCUT2D eigenvalue weighted by atomic mass is 10.0. The molecule has 0 amide bonds. The number of aryl methyl sites for hydroxylation is 1. The van der Waals surface area contributed by atoms with Crippen molar-refractivity contribution in [2.75, 3.05) is 7.11 Å². The molecule has 1 heterocycles. The summed E-state index contributed by atoms with van der Waals surface area (Å²) in [6, 6.07) is 21.1. The van der Waals surface area contributed by atoms with Crippen LogP contribution in [0.5, 0.6) is 5.75 Å². The van der Waals surface area contributed by atoms with E-state index in [0.29, 0.717) is 0 Å². The van der Waals surface area contributed by atoms with Crippen molar-refractivity contribution in [3.05, 3.63) is 60.7 Å². The largest absolute Gasteiger partial charge is 0.497 e. The number of rotatable bonds is 5. The van der Waals surface area contributed by atoms with Crippen LogP contribution in [0.1, 0.15) is 19.8 Å². The van der Waals surface area contributed by atoms with E-state index in [9.17, 15) is 0 Å². The van der Waals surface area contributed by atoms with Gasteiger partial charge in [0.1, 0.15) is 11.6 Å². The Bertz CT molecular complexity index is 1030. The van der Waals surface area contributed by atoms with Crippen LogP contribution in [0.4, 0.5) is 0 Å². The van der Waals surface area contributed by atoms with Gasteiger partial charge in [-0.25, -0.2) is 4.98 Å². The summed E-state index contributed by atoms with van der Waals surface area (Å²) in [4.78, 5) is 4.98. The third kappa shape index (κ3) is 2.76. The number of hydrogen-bond donors (Lipinski definition) is 0. The van der Waals surface area contributed by atoms with Gasteiger partial charge in [-0.1, -0.05) is 55.8 Å². The van der Waals surface area contributed by atoms with E-state index in [0.717, 1.165) is 42.0 Å². The van der Waals surface area contributed by atoms with Crippen LogP contribution in [0.2, 0.25) is 0 Å². The first-order valence-electron chi connectivity index (χ1n) is 8.84. The lowest BCUT2D eigenvalue weighted by Crippen LogP contribution is -2.01. The molecule has 0 atom stereocenters. The van der Waals surface area contributed by atoms with Crippen LogP contribution in [0.15, 0.2) is 60.7 Å². The Hall–Kier alpha value is -2.81. The van der Waals surface area contributed by atoms with E-state index in [1.165, 1.54) is 16.3 Å². The Labute approximate surface area is 147 Å². The molecule has 0 N–H and O–H groups in total. The third-order valence-corrected chi connectivity index (χ3v) is 4.72. The molecule has 0 fully saturated rings. The SMILES string of the molecule is CCCCn1c(-c2cccc3ccccc23)nc2cc(OC)ccc21. The van der Waals surface area contributed by atoms with Crippen LogP contribution in [0.3, 0.4) is 0 Å². The number of nitrogens with zero attached hydrogens (tertiary/aromatic N) is 2. The van der Waals surface area contributed by atoms with E-state index in [-0.39, 0.29) is 0 Å². The van der Waals surface area contributed by atoms with Crippen molar-refractivity contribution in [1.29, 1.82) is 0 Å². The predicted molar refractivity (Wildman–Crippen MR) is 104 cm³/mol. The fraction of sp³-hybridized carbons (Fsp3) is 0.227. The normalized spacial score (nSPS) is 11.3. The number of ether oxygens (including phenoxy) is 1. The van der Waals surface area contributed by atoms with Crippen LogP contribution >= 0.6 is 0 Å². The highest BCUT2D eigenvalue weighted by Gasteiger charge is 2.15. The minimum atomic E-state index is 0.845. The van der Waals surface area contributed by atoms with Crippen molar-refractivity contribution in [3.8, 4) is 17.1 Å². The number of unbranched alkanes of at least 4 members (excludes halogenated alkanes) is 1. The number of aromatic nitrogens is 2. The third-order valence-electron chi connectivity index (χ3n) is 4.72. The molecule has 0 aliphatic carbocycles. The van der Waals surface area contributed by atoms with Gasteiger partial charge in [-0.15, -0.1) is 0 Å². The number of fused-ring (bicyclic) bond motifs is 2. The zero-order chi connectivity index (χ0) is 17.2. The fourth-order valence-electron chi connectivity index (χ4n) is 3.41. The molecule has 0 aliphatic heterocycles. The molecule has 4 rings (SSSR count). The average Bonchev–Trinajstić information content (AvgIpc) is 3.03. The van der Waals surface area contributed by atoms with Gasteiger partial charge in [0.05, 0.1) is 18.1 Å². The number of methoxy groups -OCH3 is 1. The molecule has 0 spiro atoms. The Balaban J connectivity index is 1.98. The molecule has 3 nitrogen and oxygen atoms in total. The lowest BCUT2D eigenvalue weighted by molar-refractivity contribution is 0.415.